The van der Waals surface area contributed by atoms with Gasteiger partial charge in [-0.2, -0.15) is 0 Å². The van der Waals surface area contributed by atoms with Crippen molar-refractivity contribution in [1.82, 2.24) is 9.80 Å². The third kappa shape index (κ3) is 5.21. The Morgan fingerprint density at radius 2 is 2.00 bits per heavy atom. The van der Waals surface area contributed by atoms with Gasteiger partial charge in [-0.05, 0) is 38.0 Å². The van der Waals surface area contributed by atoms with Crippen LogP contribution in [-0.4, -0.2) is 67.0 Å². The molecule has 9 heteroatoms. The largest absolute Gasteiger partial charge is 0.495 e. The number of nitrogens with one attached hydrogen (secondary N) is 1. The molecule has 28 heavy (non-hydrogen) atoms. The van der Waals surface area contributed by atoms with Gasteiger partial charge in [0.2, 0.25) is 5.91 Å². The van der Waals surface area contributed by atoms with Crippen molar-refractivity contribution in [1.29, 1.82) is 0 Å². The number of urea groups is 1. The Hall–Kier alpha value is -3.10. The van der Waals surface area contributed by atoms with Gasteiger partial charge in [0.15, 0.2) is 6.10 Å². The first-order valence-electron chi connectivity index (χ1n) is 8.93. The number of aryl methyl sites for hydroxylation is 1. The highest BCUT2D eigenvalue weighted by molar-refractivity contribution is 6.01. The highest BCUT2D eigenvalue weighted by Crippen LogP contribution is 2.25. The summed E-state index contributed by atoms with van der Waals surface area (Å²) in [5.74, 6) is -0.849. The Morgan fingerprint density at radius 1 is 1.29 bits per heavy atom. The number of imide groups is 1. The second-order valence-electron chi connectivity index (χ2n) is 6.61. The minimum absolute atomic E-state index is 0.00778. The average Bonchev–Trinajstić information content (AvgIpc) is 2.87. The van der Waals surface area contributed by atoms with Crippen LogP contribution in [0.4, 0.5) is 10.5 Å². The van der Waals surface area contributed by atoms with Crippen molar-refractivity contribution in [3.63, 3.8) is 0 Å². The molecule has 1 N–H and O–H groups in total. The standard InChI is InChI=1S/C19H25N3O6/c1-12-7-8-15(27-4)14(10-12)20-18(25)13(2)28-17(24)6-5-9-22-16(23)11-21(3)19(22)26/h7-8,10,13H,5-6,9,11H2,1-4H3,(H,20,25)/t13-/m0/s1. The topological polar surface area (TPSA) is 105 Å². The third-order valence-corrected chi connectivity index (χ3v) is 4.28. The molecule has 0 spiro atoms. The SMILES string of the molecule is COc1ccc(C)cc1NC(=O)[C@H](C)OC(=O)CCCN1C(=O)CN(C)C1=O. The van der Waals surface area contributed by atoms with E-state index in [1.54, 1.807) is 12.1 Å². The van der Waals surface area contributed by atoms with Crippen molar-refractivity contribution >= 4 is 29.5 Å². The fourth-order valence-electron chi connectivity index (χ4n) is 2.73. The van der Waals surface area contributed by atoms with Crippen molar-refractivity contribution in [3.05, 3.63) is 23.8 Å². The van der Waals surface area contributed by atoms with E-state index in [9.17, 15) is 19.2 Å². The molecule has 1 saturated heterocycles. The Kier molecular flexibility index (Phi) is 6.97. The van der Waals surface area contributed by atoms with E-state index in [-0.39, 0.29) is 37.9 Å². The van der Waals surface area contributed by atoms with E-state index in [1.807, 2.05) is 13.0 Å². The van der Waals surface area contributed by atoms with Crippen LogP contribution in [0.3, 0.4) is 0 Å². The van der Waals surface area contributed by atoms with Gasteiger partial charge in [0.25, 0.3) is 5.91 Å². The summed E-state index contributed by atoms with van der Waals surface area (Å²) < 4.78 is 10.3. The van der Waals surface area contributed by atoms with Crippen molar-refractivity contribution in [2.24, 2.45) is 0 Å². The van der Waals surface area contributed by atoms with Crippen LogP contribution < -0.4 is 10.1 Å². The molecule has 1 aromatic rings. The molecule has 0 bridgehead atoms. The number of hydrogen-bond donors (Lipinski definition) is 1. The number of nitrogens with zero attached hydrogens (tertiary/aromatic N) is 2. The van der Waals surface area contributed by atoms with E-state index in [2.05, 4.69) is 5.32 Å². The molecular formula is C19H25N3O6. The quantitative estimate of drug-likeness (QED) is 0.532. The monoisotopic (exact) mass is 391 g/mol. The Bertz CT molecular complexity index is 779. The molecule has 2 rings (SSSR count). The molecule has 9 nitrogen and oxygen atoms in total. The van der Waals surface area contributed by atoms with Crippen LogP contribution in [0.25, 0.3) is 0 Å². The van der Waals surface area contributed by atoms with Crippen LogP contribution >= 0.6 is 0 Å². The summed E-state index contributed by atoms with van der Waals surface area (Å²) in [6.07, 6.45) is -0.741. The summed E-state index contributed by atoms with van der Waals surface area (Å²) in [5, 5.41) is 2.68. The summed E-state index contributed by atoms with van der Waals surface area (Å²) >= 11 is 0. The summed E-state index contributed by atoms with van der Waals surface area (Å²) in [4.78, 5) is 50.1. The molecular weight excluding hydrogens is 366 g/mol. The summed E-state index contributed by atoms with van der Waals surface area (Å²) in [6.45, 7) is 3.53. The van der Waals surface area contributed by atoms with Gasteiger partial charge in [0.1, 0.15) is 12.3 Å². The molecule has 0 aromatic heterocycles. The van der Waals surface area contributed by atoms with Crippen LogP contribution in [-0.2, 0) is 19.1 Å². The van der Waals surface area contributed by atoms with Gasteiger partial charge in [-0.1, -0.05) is 6.07 Å². The number of methoxy groups -OCH3 is 1. The number of carbonyl (C=O) groups excluding carboxylic acids is 4. The molecule has 1 fully saturated rings. The molecule has 0 unspecified atom stereocenters. The summed E-state index contributed by atoms with van der Waals surface area (Å²) in [6, 6.07) is 4.97. The molecule has 152 valence electrons. The van der Waals surface area contributed by atoms with Crippen LogP contribution in [0.15, 0.2) is 18.2 Å². The maximum Gasteiger partial charge on any atom is 0.326 e. The molecule has 1 atom stereocenters. The number of amides is 4. The lowest BCUT2D eigenvalue weighted by atomic mass is 10.2. The van der Waals surface area contributed by atoms with Gasteiger partial charge in [0.05, 0.1) is 12.8 Å². The minimum atomic E-state index is -1.00. The lowest BCUT2D eigenvalue weighted by Gasteiger charge is -2.16. The van der Waals surface area contributed by atoms with Gasteiger partial charge in [0, 0.05) is 20.0 Å². The molecule has 1 aliphatic rings. The number of hydrogen-bond acceptors (Lipinski definition) is 6. The number of likely N-dealkylation sites (N-methyl/N-ethyl adjacent to an activating group) is 1. The van der Waals surface area contributed by atoms with E-state index in [0.29, 0.717) is 11.4 Å². The molecule has 1 aromatic carbocycles. The Balaban J connectivity index is 1.80. The fourth-order valence-corrected chi connectivity index (χ4v) is 2.73. The van der Waals surface area contributed by atoms with Crippen molar-refractivity contribution in [2.75, 3.05) is 32.6 Å². The van der Waals surface area contributed by atoms with Crippen LogP contribution in [0.1, 0.15) is 25.3 Å². The van der Waals surface area contributed by atoms with Crippen LogP contribution in [0, 0.1) is 6.92 Å². The molecule has 0 radical (unpaired) electrons. The zero-order valence-corrected chi connectivity index (χ0v) is 16.5. The highest BCUT2D eigenvalue weighted by atomic mass is 16.5. The maximum atomic E-state index is 12.3. The molecule has 0 saturated carbocycles. The van der Waals surface area contributed by atoms with E-state index in [1.165, 1.54) is 26.0 Å². The fraction of sp³-hybridized carbons (Fsp3) is 0.474. The second-order valence-corrected chi connectivity index (χ2v) is 6.61. The van der Waals surface area contributed by atoms with E-state index >= 15 is 0 Å². The van der Waals surface area contributed by atoms with Crippen molar-refractivity contribution < 1.29 is 28.7 Å². The van der Waals surface area contributed by atoms with Gasteiger partial charge in [-0.25, -0.2) is 4.79 Å². The normalized spacial score (nSPS) is 14.9. The van der Waals surface area contributed by atoms with Crippen LogP contribution in [0.2, 0.25) is 0 Å². The number of esters is 1. The number of benzene rings is 1. The Labute approximate surface area is 163 Å². The van der Waals surface area contributed by atoms with Gasteiger partial charge in [-0.3, -0.25) is 19.3 Å². The van der Waals surface area contributed by atoms with Crippen molar-refractivity contribution in [3.8, 4) is 5.75 Å². The molecule has 0 aliphatic carbocycles. The van der Waals surface area contributed by atoms with E-state index < -0.39 is 18.0 Å². The zero-order valence-electron chi connectivity index (χ0n) is 16.5. The second kappa shape index (κ2) is 9.20. The van der Waals surface area contributed by atoms with E-state index in [0.717, 1.165) is 10.5 Å². The molecule has 4 amide bonds. The predicted molar refractivity (Wildman–Crippen MR) is 101 cm³/mol. The van der Waals surface area contributed by atoms with Gasteiger partial charge in [-0.15, -0.1) is 0 Å². The number of rotatable bonds is 8. The third-order valence-electron chi connectivity index (χ3n) is 4.28. The molecule has 1 aliphatic heterocycles. The van der Waals surface area contributed by atoms with Gasteiger partial charge < -0.3 is 19.7 Å². The number of ether oxygens (including phenoxy) is 2. The maximum absolute atomic E-state index is 12.3. The summed E-state index contributed by atoms with van der Waals surface area (Å²) in [5.41, 5.74) is 1.43. The lowest BCUT2D eigenvalue weighted by molar-refractivity contribution is -0.153. The average molecular weight is 391 g/mol. The summed E-state index contributed by atoms with van der Waals surface area (Å²) in [7, 11) is 3.04. The first-order chi connectivity index (χ1) is 13.2. The predicted octanol–water partition coefficient (Wildman–Crippen LogP) is 1.55. The lowest BCUT2D eigenvalue weighted by Crippen LogP contribution is -2.33. The van der Waals surface area contributed by atoms with E-state index in [4.69, 9.17) is 9.47 Å². The first kappa shape index (κ1) is 21.2. The van der Waals surface area contributed by atoms with Crippen molar-refractivity contribution in [2.45, 2.75) is 32.8 Å². The highest BCUT2D eigenvalue weighted by Gasteiger charge is 2.33. The first-order valence-corrected chi connectivity index (χ1v) is 8.93. The molecule has 1 heterocycles. The smallest absolute Gasteiger partial charge is 0.326 e. The zero-order chi connectivity index (χ0) is 20.8. The number of anilines is 1. The minimum Gasteiger partial charge on any atom is -0.495 e. The number of carbonyl (C=O) groups is 4. The Morgan fingerprint density at radius 3 is 2.61 bits per heavy atom. The van der Waals surface area contributed by atoms with Crippen LogP contribution in [0.5, 0.6) is 5.75 Å². The van der Waals surface area contributed by atoms with Gasteiger partial charge >= 0.3 is 12.0 Å².